The zero-order chi connectivity index (χ0) is 16.8. The fourth-order valence-corrected chi connectivity index (χ4v) is 2.26. The van der Waals surface area contributed by atoms with E-state index in [1.54, 1.807) is 37.4 Å². The Kier molecular flexibility index (Phi) is 6.14. The summed E-state index contributed by atoms with van der Waals surface area (Å²) in [5.41, 5.74) is 0.809. The number of nitrogens with zero attached hydrogens (tertiary/aromatic N) is 1. The molecule has 0 unspecified atom stereocenters. The first kappa shape index (κ1) is 17.5. The van der Waals surface area contributed by atoms with Crippen LogP contribution in [-0.2, 0) is 11.3 Å². The zero-order valence-corrected chi connectivity index (χ0v) is 14.4. The number of halogens is 3. The average molecular weight is 433 g/mol. The first-order valence-electron chi connectivity index (χ1n) is 6.66. The molecule has 2 aromatic rings. The number of alkyl halides is 2. The Hall–Kier alpha value is -1.90. The molecule has 0 N–H and O–H groups in total. The molecule has 0 radical (unpaired) electrons. The van der Waals surface area contributed by atoms with Crippen LogP contribution in [0, 0.1) is 3.77 Å². The average Bonchev–Trinajstić information content (AvgIpc) is 2.92. The summed E-state index contributed by atoms with van der Waals surface area (Å²) in [6, 6.07) is 9.74. The van der Waals surface area contributed by atoms with E-state index < -0.39 is 6.61 Å². The van der Waals surface area contributed by atoms with Crippen molar-refractivity contribution >= 4 is 34.6 Å². The Labute approximate surface area is 145 Å². The molecule has 2 rings (SSSR count). The van der Waals surface area contributed by atoms with E-state index in [2.05, 4.69) is 4.74 Å². The summed E-state index contributed by atoms with van der Waals surface area (Å²) in [6.45, 7) is -2.49. The number of carbonyl (C=O) groups is 1. The Morgan fingerprint density at radius 2 is 2.00 bits per heavy atom. The smallest absolute Gasteiger partial charge is 0.387 e. The highest BCUT2D eigenvalue weighted by Gasteiger charge is 2.08. The van der Waals surface area contributed by atoms with Crippen molar-refractivity contribution in [1.29, 1.82) is 0 Å². The molecular formula is C16H14F2INO3. The highest BCUT2D eigenvalue weighted by Crippen LogP contribution is 2.16. The maximum absolute atomic E-state index is 12.1. The Morgan fingerprint density at radius 1 is 1.30 bits per heavy atom. The van der Waals surface area contributed by atoms with E-state index in [1.807, 2.05) is 22.6 Å². The van der Waals surface area contributed by atoms with Crippen molar-refractivity contribution in [2.45, 2.75) is 13.2 Å². The van der Waals surface area contributed by atoms with Gasteiger partial charge < -0.3 is 14.1 Å². The van der Waals surface area contributed by atoms with Crippen molar-refractivity contribution in [3.63, 3.8) is 0 Å². The normalized spacial score (nSPS) is 11.2. The first-order valence-corrected chi connectivity index (χ1v) is 7.74. The number of carbonyl (C=O) groups excluding carboxylic acids is 1. The number of ether oxygens (including phenoxy) is 1. The largest absolute Gasteiger partial charge is 0.451 e. The van der Waals surface area contributed by atoms with Crippen LogP contribution in [0.3, 0.4) is 0 Å². The van der Waals surface area contributed by atoms with Crippen LogP contribution >= 0.6 is 22.6 Å². The molecule has 122 valence electrons. The highest BCUT2D eigenvalue weighted by atomic mass is 127. The molecule has 0 fully saturated rings. The van der Waals surface area contributed by atoms with E-state index >= 15 is 0 Å². The molecule has 1 amide bonds. The zero-order valence-electron chi connectivity index (χ0n) is 12.2. The lowest BCUT2D eigenvalue weighted by Crippen LogP contribution is -2.24. The number of hydrogen-bond acceptors (Lipinski definition) is 3. The molecule has 4 nitrogen and oxygen atoms in total. The summed E-state index contributed by atoms with van der Waals surface area (Å²) in [6.07, 6.45) is 3.02. The summed E-state index contributed by atoms with van der Waals surface area (Å²) in [5.74, 6) is 0.499. The van der Waals surface area contributed by atoms with Gasteiger partial charge in [-0.15, -0.1) is 0 Å². The van der Waals surface area contributed by atoms with Crippen LogP contribution in [0.1, 0.15) is 11.3 Å². The Balaban J connectivity index is 1.91. The molecule has 0 aliphatic heterocycles. The van der Waals surface area contributed by atoms with Crippen molar-refractivity contribution in [2.24, 2.45) is 0 Å². The minimum Gasteiger partial charge on any atom is -0.451 e. The second-order valence-electron chi connectivity index (χ2n) is 4.69. The van der Waals surface area contributed by atoms with E-state index in [4.69, 9.17) is 4.42 Å². The van der Waals surface area contributed by atoms with E-state index in [1.165, 1.54) is 23.1 Å². The number of hydrogen-bond donors (Lipinski definition) is 0. The third kappa shape index (κ3) is 5.66. The van der Waals surface area contributed by atoms with Crippen LogP contribution in [0.25, 0.3) is 6.08 Å². The van der Waals surface area contributed by atoms with Gasteiger partial charge in [0.1, 0.15) is 11.5 Å². The SMILES string of the molecule is CN(Cc1ccc(OC(F)F)cc1)C(=O)/C=C/c1ccc(I)o1. The second kappa shape index (κ2) is 8.09. The van der Waals surface area contributed by atoms with Crippen LogP contribution in [0.2, 0.25) is 0 Å². The molecule has 1 heterocycles. The topological polar surface area (TPSA) is 42.7 Å². The van der Waals surface area contributed by atoms with E-state index in [-0.39, 0.29) is 11.7 Å². The van der Waals surface area contributed by atoms with Gasteiger partial charge in [0.25, 0.3) is 0 Å². The summed E-state index contributed by atoms with van der Waals surface area (Å²) in [7, 11) is 1.65. The predicted molar refractivity (Wildman–Crippen MR) is 90.0 cm³/mol. The van der Waals surface area contributed by atoms with Crippen molar-refractivity contribution in [2.75, 3.05) is 7.05 Å². The third-order valence-electron chi connectivity index (χ3n) is 2.93. The van der Waals surface area contributed by atoms with Crippen LogP contribution in [0.4, 0.5) is 8.78 Å². The first-order chi connectivity index (χ1) is 10.9. The fraction of sp³-hybridized carbons (Fsp3) is 0.188. The molecule has 0 aliphatic carbocycles. The van der Waals surface area contributed by atoms with Gasteiger partial charge in [-0.25, -0.2) is 0 Å². The summed E-state index contributed by atoms with van der Waals surface area (Å²) in [4.78, 5) is 13.5. The van der Waals surface area contributed by atoms with Gasteiger partial charge in [0.2, 0.25) is 5.91 Å². The van der Waals surface area contributed by atoms with Crippen molar-refractivity contribution in [1.82, 2.24) is 4.90 Å². The predicted octanol–water partition coefficient (Wildman–Crippen LogP) is 4.16. The summed E-state index contributed by atoms with van der Waals surface area (Å²) >= 11 is 2.04. The lowest BCUT2D eigenvalue weighted by Gasteiger charge is -2.15. The third-order valence-corrected chi connectivity index (χ3v) is 3.51. The van der Waals surface area contributed by atoms with Gasteiger partial charge in [-0.05, 0) is 58.5 Å². The van der Waals surface area contributed by atoms with Crippen LogP contribution in [0.5, 0.6) is 5.75 Å². The molecule has 23 heavy (non-hydrogen) atoms. The molecule has 0 aliphatic rings. The number of furan rings is 1. The second-order valence-corrected chi connectivity index (χ2v) is 5.76. The van der Waals surface area contributed by atoms with E-state index in [0.29, 0.717) is 12.3 Å². The van der Waals surface area contributed by atoms with Gasteiger partial charge in [0, 0.05) is 19.7 Å². The maximum Gasteiger partial charge on any atom is 0.387 e. The molecule has 0 bridgehead atoms. The van der Waals surface area contributed by atoms with Crippen LogP contribution in [-0.4, -0.2) is 24.5 Å². The van der Waals surface area contributed by atoms with Crippen LogP contribution in [0.15, 0.2) is 46.9 Å². The number of amides is 1. The highest BCUT2D eigenvalue weighted by molar-refractivity contribution is 14.1. The van der Waals surface area contributed by atoms with Gasteiger partial charge in [-0.1, -0.05) is 12.1 Å². The molecule has 0 spiro atoms. The number of rotatable bonds is 6. The van der Waals surface area contributed by atoms with Gasteiger partial charge >= 0.3 is 6.61 Å². The number of benzene rings is 1. The van der Waals surface area contributed by atoms with Crippen molar-refractivity contribution in [3.05, 3.63) is 57.6 Å². The minimum atomic E-state index is -2.85. The monoisotopic (exact) mass is 433 g/mol. The molecule has 7 heteroatoms. The maximum atomic E-state index is 12.1. The summed E-state index contributed by atoms with van der Waals surface area (Å²) < 4.78 is 34.5. The molecular weight excluding hydrogens is 419 g/mol. The quantitative estimate of drug-likeness (QED) is 0.508. The molecule has 0 saturated heterocycles. The molecule has 1 aromatic carbocycles. The van der Waals surface area contributed by atoms with Gasteiger partial charge in [0.05, 0.1) is 0 Å². The Morgan fingerprint density at radius 3 is 2.57 bits per heavy atom. The van der Waals surface area contributed by atoms with Crippen molar-refractivity contribution in [3.8, 4) is 5.75 Å². The van der Waals surface area contributed by atoms with E-state index in [0.717, 1.165) is 9.33 Å². The molecule has 1 aromatic heterocycles. The van der Waals surface area contributed by atoms with Crippen LogP contribution < -0.4 is 4.74 Å². The lowest BCUT2D eigenvalue weighted by molar-refractivity contribution is -0.125. The van der Waals surface area contributed by atoms with Crippen molar-refractivity contribution < 1.29 is 22.7 Å². The Bertz CT molecular complexity index is 683. The molecule has 0 atom stereocenters. The summed E-state index contributed by atoms with van der Waals surface area (Å²) in [5, 5.41) is 0. The molecule has 0 saturated carbocycles. The van der Waals surface area contributed by atoms with Gasteiger partial charge in [-0.3, -0.25) is 4.79 Å². The van der Waals surface area contributed by atoms with Gasteiger partial charge in [-0.2, -0.15) is 8.78 Å². The lowest BCUT2D eigenvalue weighted by atomic mass is 10.2. The van der Waals surface area contributed by atoms with Gasteiger partial charge in [0.15, 0.2) is 3.77 Å². The fourth-order valence-electron chi connectivity index (χ4n) is 1.83. The number of likely N-dealkylation sites (N-methyl/N-ethyl adjacent to an activating group) is 1. The minimum absolute atomic E-state index is 0.0880. The van der Waals surface area contributed by atoms with E-state index in [9.17, 15) is 13.6 Å². The standard InChI is InChI=1S/C16H14F2INO3/c1-20(15(21)9-7-12-6-8-14(19)22-12)10-11-2-4-13(5-3-11)23-16(17)18/h2-9,16H,10H2,1H3/b9-7+.